The van der Waals surface area contributed by atoms with Gasteiger partial charge < -0.3 is 10.3 Å². The minimum atomic E-state index is -0.627. The van der Waals surface area contributed by atoms with Crippen LogP contribution >= 0.6 is 0 Å². The Hall–Kier alpha value is -2.17. The fourth-order valence-electron chi connectivity index (χ4n) is 1.43. The number of halogens is 1. The Balaban J connectivity index is 2.27. The van der Waals surface area contributed by atoms with Gasteiger partial charge in [-0.05, 0) is 17.7 Å². The van der Waals surface area contributed by atoms with Gasteiger partial charge in [0.15, 0.2) is 5.82 Å². The molecule has 0 aliphatic heterocycles. The molecular formula is C11H9FN3O. The lowest BCUT2D eigenvalue weighted by molar-refractivity contribution is 0.0987. The van der Waals surface area contributed by atoms with Crippen molar-refractivity contribution in [2.24, 2.45) is 5.73 Å². The summed E-state index contributed by atoms with van der Waals surface area (Å²) < 4.78 is 14.5. The van der Waals surface area contributed by atoms with E-state index in [1.54, 1.807) is 12.1 Å². The van der Waals surface area contributed by atoms with Crippen molar-refractivity contribution < 1.29 is 9.18 Å². The molecule has 1 heterocycles. The fourth-order valence-corrected chi connectivity index (χ4v) is 1.43. The molecule has 4 nitrogen and oxygen atoms in total. The fraction of sp³-hybridized carbons (Fsp3) is 0.0909. The van der Waals surface area contributed by atoms with Crippen LogP contribution in [0, 0.1) is 12.0 Å². The summed E-state index contributed by atoms with van der Waals surface area (Å²) in [6.07, 6.45) is 4.04. The summed E-state index contributed by atoms with van der Waals surface area (Å²) in [6.45, 7) is 0.340. The number of nitrogens with zero attached hydrogens (tertiary/aromatic N) is 2. The number of carbonyl (C=O) groups excluding carboxylic acids is 1. The van der Waals surface area contributed by atoms with Crippen molar-refractivity contribution in [1.29, 1.82) is 0 Å². The molecule has 2 aromatic rings. The van der Waals surface area contributed by atoms with Gasteiger partial charge in [-0.1, -0.05) is 12.1 Å². The third-order valence-corrected chi connectivity index (χ3v) is 2.12. The SMILES string of the molecule is NC(=O)c1n[c]cn1Cc1cccc(F)c1. The monoisotopic (exact) mass is 218 g/mol. The van der Waals surface area contributed by atoms with Gasteiger partial charge in [0.1, 0.15) is 12.0 Å². The highest BCUT2D eigenvalue weighted by molar-refractivity contribution is 5.89. The van der Waals surface area contributed by atoms with Gasteiger partial charge in [0.05, 0.1) is 0 Å². The number of rotatable bonds is 3. The number of amides is 1. The summed E-state index contributed by atoms with van der Waals surface area (Å²) in [6, 6.07) is 6.12. The number of hydrogen-bond donors (Lipinski definition) is 1. The Kier molecular flexibility index (Phi) is 2.68. The molecule has 0 unspecified atom stereocenters. The first-order chi connectivity index (χ1) is 7.66. The van der Waals surface area contributed by atoms with Gasteiger partial charge >= 0.3 is 0 Å². The summed E-state index contributed by atoms with van der Waals surface area (Å²) in [5.41, 5.74) is 5.86. The van der Waals surface area contributed by atoms with Crippen LogP contribution in [0.4, 0.5) is 4.39 Å². The number of imidazole rings is 1. The van der Waals surface area contributed by atoms with Crippen LogP contribution < -0.4 is 5.73 Å². The van der Waals surface area contributed by atoms with E-state index >= 15 is 0 Å². The van der Waals surface area contributed by atoms with Crippen molar-refractivity contribution >= 4 is 5.91 Å². The smallest absolute Gasteiger partial charge is 0.284 e. The third-order valence-electron chi connectivity index (χ3n) is 2.12. The van der Waals surface area contributed by atoms with Crippen molar-refractivity contribution in [3.8, 4) is 0 Å². The van der Waals surface area contributed by atoms with Gasteiger partial charge in [0, 0.05) is 12.7 Å². The molecule has 81 valence electrons. The van der Waals surface area contributed by atoms with Crippen LogP contribution in [0.3, 0.4) is 0 Å². The third kappa shape index (κ3) is 2.08. The van der Waals surface area contributed by atoms with E-state index in [4.69, 9.17) is 5.73 Å². The van der Waals surface area contributed by atoms with E-state index in [1.807, 2.05) is 0 Å². The van der Waals surface area contributed by atoms with E-state index in [0.29, 0.717) is 6.54 Å². The van der Waals surface area contributed by atoms with Crippen molar-refractivity contribution in [2.45, 2.75) is 6.54 Å². The van der Waals surface area contributed by atoms with E-state index in [-0.39, 0.29) is 11.6 Å². The van der Waals surface area contributed by atoms with Crippen molar-refractivity contribution in [3.63, 3.8) is 0 Å². The van der Waals surface area contributed by atoms with Crippen LogP contribution in [0.15, 0.2) is 30.5 Å². The van der Waals surface area contributed by atoms with Gasteiger partial charge in [0.2, 0.25) is 0 Å². The molecule has 0 fully saturated rings. The number of carbonyl (C=O) groups is 1. The first-order valence-electron chi connectivity index (χ1n) is 4.64. The Morgan fingerprint density at radius 1 is 1.56 bits per heavy atom. The zero-order chi connectivity index (χ0) is 11.5. The van der Waals surface area contributed by atoms with Gasteiger partial charge in [-0.2, -0.15) is 0 Å². The largest absolute Gasteiger partial charge is 0.363 e. The predicted molar refractivity (Wildman–Crippen MR) is 55.1 cm³/mol. The Morgan fingerprint density at radius 3 is 3.06 bits per heavy atom. The highest BCUT2D eigenvalue weighted by atomic mass is 19.1. The Morgan fingerprint density at radius 2 is 2.38 bits per heavy atom. The van der Waals surface area contributed by atoms with Crippen LogP contribution in [0.5, 0.6) is 0 Å². The van der Waals surface area contributed by atoms with Gasteiger partial charge in [-0.15, -0.1) is 0 Å². The molecule has 1 aromatic carbocycles. The summed E-state index contributed by atoms with van der Waals surface area (Å²) in [4.78, 5) is 14.7. The maximum absolute atomic E-state index is 12.9. The number of nitrogens with two attached hydrogens (primary N) is 1. The molecule has 2 rings (SSSR count). The van der Waals surface area contributed by atoms with E-state index in [9.17, 15) is 9.18 Å². The quantitative estimate of drug-likeness (QED) is 0.834. The predicted octanol–water partition coefficient (Wildman–Crippen LogP) is 0.970. The molecular weight excluding hydrogens is 209 g/mol. The van der Waals surface area contributed by atoms with E-state index in [2.05, 4.69) is 11.2 Å². The lowest BCUT2D eigenvalue weighted by Crippen LogP contribution is -2.18. The maximum Gasteiger partial charge on any atom is 0.284 e. The van der Waals surface area contributed by atoms with E-state index in [1.165, 1.54) is 22.9 Å². The molecule has 0 aliphatic carbocycles. The van der Waals surface area contributed by atoms with Crippen LogP contribution in [0.1, 0.15) is 16.2 Å². The molecule has 0 atom stereocenters. The molecule has 16 heavy (non-hydrogen) atoms. The lowest BCUT2D eigenvalue weighted by atomic mass is 10.2. The average molecular weight is 218 g/mol. The zero-order valence-corrected chi connectivity index (χ0v) is 8.35. The minimum Gasteiger partial charge on any atom is -0.363 e. The highest BCUT2D eigenvalue weighted by Gasteiger charge is 2.09. The second kappa shape index (κ2) is 4.14. The summed E-state index contributed by atoms with van der Waals surface area (Å²) in [5, 5.41) is 0. The Labute approximate surface area is 91.5 Å². The van der Waals surface area contributed by atoms with Crippen molar-refractivity contribution in [2.75, 3.05) is 0 Å². The highest BCUT2D eigenvalue weighted by Crippen LogP contribution is 2.07. The minimum absolute atomic E-state index is 0.115. The Bertz CT molecular complexity index is 521. The normalized spacial score (nSPS) is 10.3. The molecule has 1 amide bonds. The van der Waals surface area contributed by atoms with Gasteiger partial charge in [-0.25, -0.2) is 9.37 Å². The van der Waals surface area contributed by atoms with Crippen LogP contribution in [0.2, 0.25) is 0 Å². The second-order valence-corrected chi connectivity index (χ2v) is 3.32. The topological polar surface area (TPSA) is 60.9 Å². The number of benzene rings is 1. The standard InChI is InChI=1S/C11H9FN3O/c12-9-3-1-2-8(6-9)7-15-5-4-14-11(15)10(13)16/h1-3,5-6H,7H2,(H2,13,16). The lowest BCUT2D eigenvalue weighted by Gasteiger charge is -2.05. The number of aromatic nitrogens is 2. The number of primary amides is 1. The molecule has 0 bridgehead atoms. The molecule has 0 saturated carbocycles. The molecule has 5 heteroatoms. The molecule has 2 N–H and O–H groups in total. The summed E-state index contributed by atoms with van der Waals surface area (Å²) in [7, 11) is 0. The van der Waals surface area contributed by atoms with Crippen LogP contribution in [0.25, 0.3) is 0 Å². The molecule has 0 spiro atoms. The van der Waals surface area contributed by atoms with Gasteiger partial charge in [0.25, 0.3) is 5.91 Å². The first kappa shape index (κ1) is 10.4. The van der Waals surface area contributed by atoms with Crippen LogP contribution in [-0.2, 0) is 6.54 Å². The molecule has 1 radical (unpaired) electrons. The molecule has 1 aromatic heterocycles. The first-order valence-corrected chi connectivity index (χ1v) is 4.64. The second-order valence-electron chi connectivity index (χ2n) is 3.32. The van der Waals surface area contributed by atoms with E-state index in [0.717, 1.165) is 5.56 Å². The molecule has 0 aliphatic rings. The summed E-state index contributed by atoms with van der Waals surface area (Å²) >= 11 is 0. The maximum atomic E-state index is 12.9. The van der Waals surface area contributed by atoms with E-state index < -0.39 is 5.91 Å². The number of hydrogen-bond acceptors (Lipinski definition) is 2. The molecule has 0 saturated heterocycles. The summed E-state index contributed by atoms with van der Waals surface area (Å²) in [5.74, 6) is -0.830. The van der Waals surface area contributed by atoms with Crippen molar-refractivity contribution in [1.82, 2.24) is 9.55 Å². The van der Waals surface area contributed by atoms with Gasteiger partial charge in [-0.3, -0.25) is 4.79 Å². The zero-order valence-electron chi connectivity index (χ0n) is 8.35. The average Bonchev–Trinajstić information content (AvgIpc) is 2.66. The van der Waals surface area contributed by atoms with Crippen molar-refractivity contribution in [3.05, 3.63) is 53.9 Å². The van der Waals surface area contributed by atoms with Crippen LogP contribution in [-0.4, -0.2) is 15.5 Å².